The minimum absolute atomic E-state index is 0.0982. The van der Waals surface area contributed by atoms with Crippen LogP contribution in [0.2, 0.25) is 5.02 Å². The van der Waals surface area contributed by atoms with E-state index in [0.29, 0.717) is 5.02 Å². The largest absolute Gasteiger partial charge is 0.495 e. The number of rotatable bonds is 6. The van der Waals surface area contributed by atoms with Gasteiger partial charge in [-0.25, -0.2) is 4.79 Å². The van der Waals surface area contributed by atoms with Crippen molar-refractivity contribution in [3.63, 3.8) is 0 Å². The van der Waals surface area contributed by atoms with Crippen molar-refractivity contribution >= 4 is 34.9 Å². The lowest BCUT2D eigenvalue weighted by molar-refractivity contribution is -0.384. The number of amides is 1. The number of anilines is 1. The van der Waals surface area contributed by atoms with Crippen molar-refractivity contribution < 1.29 is 24.0 Å². The van der Waals surface area contributed by atoms with Crippen LogP contribution < -0.4 is 10.1 Å². The van der Waals surface area contributed by atoms with Gasteiger partial charge in [0.25, 0.3) is 11.6 Å². The first-order valence-corrected chi connectivity index (χ1v) is 7.79. The lowest BCUT2D eigenvalue weighted by Crippen LogP contribution is -2.30. The summed E-state index contributed by atoms with van der Waals surface area (Å²) >= 11 is 5.75. The Balaban J connectivity index is 2.09. The van der Waals surface area contributed by atoms with Gasteiger partial charge in [-0.2, -0.15) is 0 Å². The number of hydrogen-bond donors (Lipinski definition) is 1. The molecular weight excluding hydrogens is 364 g/mol. The number of hydrogen-bond acceptors (Lipinski definition) is 6. The van der Waals surface area contributed by atoms with E-state index >= 15 is 0 Å². The molecule has 1 atom stereocenters. The van der Waals surface area contributed by atoms with Crippen LogP contribution in [0.1, 0.15) is 17.3 Å². The van der Waals surface area contributed by atoms with Crippen molar-refractivity contribution in [3.05, 3.63) is 63.2 Å². The molecule has 0 spiro atoms. The molecular formula is C17H15ClN2O6. The highest BCUT2D eigenvalue weighted by atomic mass is 35.5. The predicted octanol–water partition coefficient (Wildman–Crippen LogP) is 3.44. The summed E-state index contributed by atoms with van der Waals surface area (Å²) in [5.74, 6) is -1.12. The fraction of sp³-hybridized carbons (Fsp3) is 0.176. The topological polar surface area (TPSA) is 108 Å². The number of halogens is 1. The van der Waals surface area contributed by atoms with Gasteiger partial charge in [-0.1, -0.05) is 11.6 Å². The first-order chi connectivity index (χ1) is 12.3. The van der Waals surface area contributed by atoms with Gasteiger partial charge in [-0.3, -0.25) is 14.9 Å². The zero-order valence-electron chi connectivity index (χ0n) is 13.9. The zero-order valence-corrected chi connectivity index (χ0v) is 14.6. The Morgan fingerprint density at radius 1 is 1.19 bits per heavy atom. The second kappa shape index (κ2) is 8.30. The van der Waals surface area contributed by atoms with Gasteiger partial charge in [0.1, 0.15) is 5.75 Å². The molecule has 8 nitrogen and oxygen atoms in total. The Bertz CT molecular complexity index is 838. The highest BCUT2D eigenvalue weighted by Crippen LogP contribution is 2.29. The molecule has 2 aromatic carbocycles. The second-order valence-corrected chi connectivity index (χ2v) is 5.62. The molecule has 136 valence electrons. The van der Waals surface area contributed by atoms with E-state index in [0.717, 1.165) is 6.07 Å². The van der Waals surface area contributed by atoms with E-state index in [2.05, 4.69) is 5.32 Å². The Hall–Kier alpha value is -3.13. The average molecular weight is 379 g/mol. The highest BCUT2D eigenvalue weighted by Gasteiger charge is 2.21. The van der Waals surface area contributed by atoms with Crippen molar-refractivity contribution in [2.45, 2.75) is 13.0 Å². The Morgan fingerprint density at radius 3 is 2.42 bits per heavy atom. The normalized spacial score (nSPS) is 11.3. The third-order valence-electron chi connectivity index (χ3n) is 3.38. The summed E-state index contributed by atoms with van der Waals surface area (Å²) in [6.07, 6.45) is -1.14. The molecule has 0 bridgehead atoms. The second-order valence-electron chi connectivity index (χ2n) is 5.19. The average Bonchev–Trinajstić information content (AvgIpc) is 2.61. The molecule has 0 fully saturated rings. The maximum Gasteiger partial charge on any atom is 0.338 e. The molecule has 9 heteroatoms. The van der Waals surface area contributed by atoms with Crippen LogP contribution in [0.25, 0.3) is 0 Å². The van der Waals surface area contributed by atoms with Crippen LogP contribution in [0.3, 0.4) is 0 Å². The SMILES string of the molecule is COc1ccc([N+](=O)[O-])cc1NC(=O)[C@@H](C)OC(=O)c1ccc(Cl)cc1. The molecule has 0 saturated heterocycles. The molecule has 0 heterocycles. The molecule has 0 unspecified atom stereocenters. The first-order valence-electron chi connectivity index (χ1n) is 7.41. The summed E-state index contributed by atoms with van der Waals surface area (Å²) in [5.41, 5.74) is 0.120. The van der Waals surface area contributed by atoms with Gasteiger partial charge in [-0.05, 0) is 37.3 Å². The quantitative estimate of drug-likeness (QED) is 0.468. The van der Waals surface area contributed by atoms with E-state index in [4.69, 9.17) is 21.1 Å². The maximum atomic E-state index is 12.2. The van der Waals surface area contributed by atoms with E-state index < -0.39 is 22.9 Å². The molecule has 0 aromatic heterocycles. The summed E-state index contributed by atoms with van der Waals surface area (Å²) in [6.45, 7) is 1.38. The first kappa shape index (κ1) is 19.2. The number of non-ortho nitro benzene ring substituents is 1. The lowest BCUT2D eigenvalue weighted by Gasteiger charge is -2.15. The van der Waals surface area contributed by atoms with Gasteiger partial charge < -0.3 is 14.8 Å². The molecule has 1 amide bonds. The predicted molar refractivity (Wildman–Crippen MR) is 94.6 cm³/mol. The number of carbonyl (C=O) groups excluding carboxylic acids is 2. The van der Waals surface area contributed by atoms with E-state index in [9.17, 15) is 19.7 Å². The number of ether oxygens (including phenoxy) is 2. The van der Waals surface area contributed by atoms with E-state index in [1.165, 1.54) is 50.4 Å². The number of benzene rings is 2. The van der Waals surface area contributed by atoms with Crippen LogP contribution in [0, 0.1) is 10.1 Å². The number of carbonyl (C=O) groups is 2. The van der Waals surface area contributed by atoms with E-state index in [1.54, 1.807) is 0 Å². The monoisotopic (exact) mass is 378 g/mol. The van der Waals surface area contributed by atoms with E-state index in [-0.39, 0.29) is 22.7 Å². The summed E-state index contributed by atoms with van der Waals surface area (Å²) in [6, 6.07) is 9.76. The van der Waals surface area contributed by atoms with Crippen molar-refractivity contribution in [3.8, 4) is 5.75 Å². The number of methoxy groups -OCH3 is 1. The Kier molecular flexibility index (Phi) is 6.13. The van der Waals surface area contributed by atoms with Crippen LogP contribution in [0.15, 0.2) is 42.5 Å². The molecule has 2 aromatic rings. The standard InChI is InChI=1S/C17H15ClN2O6/c1-10(26-17(22)11-3-5-12(18)6-4-11)16(21)19-14-9-13(20(23)24)7-8-15(14)25-2/h3-10H,1-2H3,(H,19,21)/t10-/m1/s1. The maximum absolute atomic E-state index is 12.2. The molecule has 2 rings (SSSR count). The van der Waals surface area contributed by atoms with Crippen molar-refractivity contribution in [1.29, 1.82) is 0 Å². The van der Waals surface area contributed by atoms with Crippen LogP contribution >= 0.6 is 11.6 Å². The number of nitrogens with one attached hydrogen (secondary N) is 1. The van der Waals surface area contributed by atoms with Crippen LogP contribution in [-0.2, 0) is 9.53 Å². The number of nitro benzene ring substituents is 1. The van der Waals surface area contributed by atoms with Gasteiger partial charge >= 0.3 is 5.97 Å². The molecule has 0 aliphatic heterocycles. The third kappa shape index (κ3) is 4.70. The summed E-state index contributed by atoms with van der Waals surface area (Å²) in [4.78, 5) is 34.6. The Labute approximate surface area is 153 Å². The lowest BCUT2D eigenvalue weighted by atomic mass is 10.2. The molecule has 26 heavy (non-hydrogen) atoms. The molecule has 1 N–H and O–H groups in total. The van der Waals surface area contributed by atoms with Crippen molar-refractivity contribution in [2.75, 3.05) is 12.4 Å². The fourth-order valence-electron chi connectivity index (χ4n) is 2.01. The van der Waals surface area contributed by atoms with Gasteiger partial charge in [0.15, 0.2) is 6.10 Å². The van der Waals surface area contributed by atoms with Crippen LogP contribution in [-0.4, -0.2) is 30.0 Å². The minimum Gasteiger partial charge on any atom is -0.495 e. The zero-order chi connectivity index (χ0) is 19.3. The molecule has 0 aliphatic rings. The smallest absolute Gasteiger partial charge is 0.338 e. The summed E-state index contributed by atoms with van der Waals surface area (Å²) < 4.78 is 10.2. The summed E-state index contributed by atoms with van der Waals surface area (Å²) in [7, 11) is 1.36. The van der Waals surface area contributed by atoms with E-state index in [1.807, 2.05) is 0 Å². The molecule has 0 saturated carbocycles. The molecule has 0 radical (unpaired) electrons. The third-order valence-corrected chi connectivity index (χ3v) is 3.64. The molecule has 0 aliphatic carbocycles. The van der Waals surface area contributed by atoms with Crippen molar-refractivity contribution in [1.82, 2.24) is 0 Å². The van der Waals surface area contributed by atoms with Gasteiger partial charge in [0.2, 0.25) is 0 Å². The fourth-order valence-corrected chi connectivity index (χ4v) is 2.14. The van der Waals surface area contributed by atoms with Gasteiger partial charge in [-0.15, -0.1) is 0 Å². The number of nitrogens with zero attached hydrogens (tertiary/aromatic N) is 1. The van der Waals surface area contributed by atoms with Crippen LogP contribution in [0.4, 0.5) is 11.4 Å². The summed E-state index contributed by atoms with van der Waals surface area (Å²) in [5, 5.41) is 13.8. The van der Waals surface area contributed by atoms with Gasteiger partial charge in [0.05, 0.1) is 23.3 Å². The minimum atomic E-state index is -1.14. The number of esters is 1. The highest BCUT2D eigenvalue weighted by molar-refractivity contribution is 6.30. The number of nitro groups is 1. The van der Waals surface area contributed by atoms with Gasteiger partial charge in [0, 0.05) is 17.2 Å². The van der Waals surface area contributed by atoms with Crippen LogP contribution in [0.5, 0.6) is 5.75 Å². The Morgan fingerprint density at radius 2 is 1.85 bits per heavy atom. The van der Waals surface area contributed by atoms with Crippen molar-refractivity contribution in [2.24, 2.45) is 0 Å².